The molecule has 5 nitrogen and oxygen atoms in total. The lowest BCUT2D eigenvalue weighted by Gasteiger charge is -2.12. The number of rotatable bonds is 5. The predicted molar refractivity (Wildman–Crippen MR) is 80.6 cm³/mol. The molecule has 2 aromatic rings. The van der Waals surface area contributed by atoms with Crippen LogP contribution in [0.2, 0.25) is 0 Å². The molecule has 0 aliphatic heterocycles. The summed E-state index contributed by atoms with van der Waals surface area (Å²) in [5, 5.41) is 8.81. The van der Waals surface area contributed by atoms with Crippen LogP contribution in [0.5, 0.6) is 11.5 Å². The minimum absolute atomic E-state index is 0.501. The van der Waals surface area contributed by atoms with Crippen molar-refractivity contribution in [2.45, 2.75) is 13.0 Å². The van der Waals surface area contributed by atoms with E-state index in [1.54, 1.807) is 25.3 Å². The van der Waals surface area contributed by atoms with E-state index in [4.69, 9.17) is 20.3 Å². The van der Waals surface area contributed by atoms with E-state index < -0.39 is 12.1 Å². The van der Waals surface area contributed by atoms with Crippen LogP contribution in [0.1, 0.15) is 6.92 Å². The first-order valence-corrected chi connectivity index (χ1v) is 6.44. The Morgan fingerprint density at radius 2 is 1.76 bits per heavy atom. The Kier molecular flexibility index (Phi) is 4.33. The van der Waals surface area contributed by atoms with Crippen molar-refractivity contribution in [3.63, 3.8) is 0 Å². The summed E-state index contributed by atoms with van der Waals surface area (Å²) in [6.07, 6.45) is -0.887. The second-order valence-electron chi connectivity index (χ2n) is 4.58. The third-order valence-electron chi connectivity index (χ3n) is 3.08. The van der Waals surface area contributed by atoms with Gasteiger partial charge in [0.1, 0.15) is 11.5 Å². The number of carboxylic acids is 1. The Bertz CT molecular complexity index is 637. The summed E-state index contributed by atoms with van der Waals surface area (Å²) in [6.45, 7) is 1.48. The van der Waals surface area contributed by atoms with E-state index >= 15 is 0 Å². The number of hydrogen-bond donors (Lipinski definition) is 2. The number of carbonyl (C=O) groups is 1. The van der Waals surface area contributed by atoms with Crippen molar-refractivity contribution >= 4 is 11.7 Å². The number of methoxy groups -OCH3 is 1. The SMILES string of the molecule is COc1ccc(-c2ccc(OC(C)C(=O)O)cc2)c(N)c1. The number of anilines is 1. The molecular weight excluding hydrogens is 270 g/mol. The highest BCUT2D eigenvalue weighted by molar-refractivity contribution is 5.77. The van der Waals surface area contributed by atoms with Crippen molar-refractivity contribution in [3.05, 3.63) is 42.5 Å². The Hall–Kier alpha value is -2.69. The molecule has 2 aromatic carbocycles. The Balaban J connectivity index is 2.21. The van der Waals surface area contributed by atoms with Gasteiger partial charge in [0.25, 0.3) is 0 Å². The fourth-order valence-corrected chi connectivity index (χ4v) is 1.90. The van der Waals surface area contributed by atoms with E-state index in [0.717, 1.165) is 11.1 Å². The number of nitrogen functional groups attached to an aromatic ring is 1. The van der Waals surface area contributed by atoms with E-state index in [9.17, 15) is 4.79 Å². The van der Waals surface area contributed by atoms with Crippen molar-refractivity contribution < 1.29 is 19.4 Å². The molecule has 0 radical (unpaired) electrons. The van der Waals surface area contributed by atoms with Crippen LogP contribution in [0.4, 0.5) is 5.69 Å². The summed E-state index contributed by atoms with van der Waals surface area (Å²) in [7, 11) is 1.59. The molecular formula is C16H17NO4. The quantitative estimate of drug-likeness (QED) is 0.826. The van der Waals surface area contributed by atoms with Crippen LogP contribution < -0.4 is 15.2 Å². The lowest BCUT2D eigenvalue weighted by Crippen LogP contribution is -2.22. The predicted octanol–water partition coefficient (Wildman–Crippen LogP) is 2.80. The second-order valence-corrected chi connectivity index (χ2v) is 4.58. The molecule has 21 heavy (non-hydrogen) atoms. The molecule has 0 saturated heterocycles. The number of ether oxygens (including phenoxy) is 2. The van der Waals surface area contributed by atoms with Crippen molar-refractivity contribution in [1.82, 2.24) is 0 Å². The van der Waals surface area contributed by atoms with Crippen molar-refractivity contribution in [1.29, 1.82) is 0 Å². The van der Waals surface area contributed by atoms with E-state index in [2.05, 4.69) is 0 Å². The summed E-state index contributed by atoms with van der Waals surface area (Å²) in [6, 6.07) is 12.6. The summed E-state index contributed by atoms with van der Waals surface area (Å²) in [4.78, 5) is 10.7. The molecule has 110 valence electrons. The van der Waals surface area contributed by atoms with Crippen molar-refractivity contribution in [2.75, 3.05) is 12.8 Å². The van der Waals surface area contributed by atoms with Gasteiger partial charge in [-0.15, -0.1) is 0 Å². The van der Waals surface area contributed by atoms with Gasteiger partial charge in [0.05, 0.1) is 7.11 Å². The molecule has 0 heterocycles. The molecule has 0 saturated carbocycles. The molecule has 0 amide bonds. The van der Waals surface area contributed by atoms with Crippen LogP contribution in [0.15, 0.2) is 42.5 Å². The zero-order valence-electron chi connectivity index (χ0n) is 11.9. The summed E-state index contributed by atoms with van der Waals surface area (Å²) < 4.78 is 10.4. The lowest BCUT2D eigenvalue weighted by atomic mass is 10.0. The third kappa shape index (κ3) is 3.45. The van der Waals surface area contributed by atoms with Gasteiger partial charge in [-0.1, -0.05) is 12.1 Å². The normalized spacial score (nSPS) is 11.7. The standard InChI is InChI=1S/C16H17NO4/c1-10(16(18)19)21-12-5-3-11(4-6-12)14-8-7-13(20-2)9-15(14)17/h3-10H,17H2,1-2H3,(H,18,19). The van der Waals surface area contributed by atoms with Crippen LogP contribution in [0.25, 0.3) is 11.1 Å². The van der Waals surface area contributed by atoms with Gasteiger partial charge in [-0.25, -0.2) is 4.79 Å². The highest BCUT2D eigenvalue weighted by atomic mass is 16.5. The molecule has 5 heteroatoms. The second kappa shape index (κ2) is 6.17. The first-order valence-electron chi connectivity index (χ1n) is 6.44. The molecule has 0 spiro atoms. The maximum atomic E-state index is 10.7. The van der Waals surface area contributed by atoms with Crippen LogP contribution in [-0.2, 0) is 4.79 Å². The molecule has 3 N–H and O–H groups in total. The fourth-order valence-electron chi connectivity index (χ4n) is 1.90. The highest BCUT2D eigenvalue weighted by Crippen LogP contribution is 2.30. The number of benzene rings is 2. The topological polar surface area (TPSA) is 81.8 Å². The number of aliphatic carboxylic acids is 1. The van der Waals surface area contributed by atoms with E-state index in [-0.39, 0.29) is 0 Å². The lowest BCUT2D eigenvalue weighted by molar-refractivity contribution is -0.144. The smallest absolute Gasteiger partial charge is 0.344 e. The average Bonchev–Trinajstić information content (AvgIpc) is 2.48. The Morgan fingerprint density at radius 3 is 2.29 bits per heavy atom. The Labute approximate surface area is 122 Å². The van der Waals surface area contributed by atoms with E-state index in [1.165, 1.54) is 6.92 Å². The van der Waals surface area contributed by atoms with Crippen molar-refractivity contribution in [2.24, 2.45) is 0 Å². The molecule has 0 aliphatic carbocycles. The van der Waals surface area contributed by atoms with Gasteiger partial charge in [-0.2, -0.15) is 0 Å². The van der Waals surface area contributed by atoms with Crippen LogP contribution >= 0.6 is 0 Å². The van der Waals surface area contributed by atoms with E-state index in [0.29, 0.717) is 17.2 Å². The fraction of sp³-hybridized carbons (Fsp3) is 0.188. The number of carboxylic acid groups (broad SMARTS) is 1. The highest BCUT2D eigenvalue weighted by Gasteiger charge is 2.12. The maximum absolute atomic E-state index is 10.7. The van der Waals surface area contributed by atoms with Crippen molar-refractivity contribution in [3.8, 4) is 22.6 Å². The van der Waals surface area contributed by atoms with Crippen LogP contribution in [0.3, 0.4) is 0 Å². The molecule has 0 aliphatic rings. The number of nitrogens with two attached hydrogens (primary N) is 1. The monoisotopic (exact) mass is 287 g/mol. The van der Waals surface area contributed by atoms with E-state index in [1.807, 2.05) is 24.3 Å². The van der Waals surface area contributed by atoms with Gasteiger partial charge in [-0.05, 0) is 36.8 Å². The minimum atomic E-state index is -1.00. The zero-order chi connectivity index (χ0) is 15.4. The van der Waals surface area contributed by atoms with Gasteiger partial charge >= 0.3 is 5.97 Å². The zero-order valence-corrected chi connectivity index (χ0v) is 11.9. The molecule has 0 bridgehead atoms. The molecule has 1 unspecified atom stereocenters. The molecule has 0 fully saturated rings. The van der Waals surface area contributed by atoms with Gasteiger partial charge in [0.15, 0.2) is 6.10 Å². The van der Waals surface area contributed by atoms with Gasteiger partial charge in [0, 0.05) is 17.3 Å². The molecule has 0 aromatic heterocycles. The summed E-state index contributed by atoms with van der Waals surface area (Å²) >= 11 is 0. The summed E-state index contributed by atoms with van der Waals surface area (Å²) in [5.74, 6) is 0.200. The largest absolute Gasteiger partial charge is 0.497 e. The molecule has 1 atom stereocenters. The molecule has 2 rings (SSSR count). The average molecular weight is 287 g/mol. The maximum Gasteiger partial charge on any atom is 0.344 e. The van der Waals surface area contributed by atoms with Gasteiger partial charge in [0.2, 0.25) is 0 Å². The first-order chi connectivity index (χ1) is 10.0. The first kappa shape index (κ1) is 14.7. The van der Waals surface area contributed by atoms with Gasteiger partial charge in [-0.3, -0.25) is 0 Å². The third-order valence-corrected chi connectivity index (χ3v) is 3.08. The van der Waals surface area contributed by atoms with Crippen LogP contribution in [0, 0.1) is 0 Å². The minimum Gasteiger partial charge on any atom is -0.497 e. The summed E-state index contributed by atoms with van der Waals surface area (Å²) in [5.41, 5.74) is 8.42. The van der Waals surface area contributed by atoms with Gasteiger partial charge < -0.3 is 20.3 Å². The number of hydrogen-bond acceptors (Lipinski definition) is 4. The van der Waals surface area contributed by atoms with Crippen LogP contribution in [-0.4, -0.2) is 24.3 Å². The Morgan fingerprint density at radius 1 is 1.14 bits per heavy atom.